The highest BCUT2D eigenvalue weighted by Gasteiger charge is 2.38. The summed E-state index contributed by atoms with van der Waals surface area (Å²) in [6.07, 6.45) is 13.1. The van der Waals surface area contributed by atoms with E-state index in [2.05, 4.69) is 59.5 Å². The molecular weight excluding hydrogens is 1160 g/mol. The maximum Gasteiger partial charge on any atom is 0.338 e. The maximum atomic E-state index is 13.6. The Labute approximate surface area is 522 Å². The van der Waals surface area contributed by atoms with Crippen molar-refractivity contribution >= 4 is 23.3 Å². The summed E-state index contributed by atoms with van der Waals surface area (Å²) < 4.78 is 51.3. The second kappa shape index (κ2) is 29.0. The van der Waals surface area contributed by atoms with Crippen molar-refractivity contribution in [1.82, 2.24) is 55.3 Å². The second-order valence-corrected chi connectivity index (χ2v) is 21.2. The van der Waals surface area contributed by atoms with E-state index in [-0.39, 0.29) is 35.7 Å². The Kier molecular flexibility index (Phi) is 19.9. The molecule has 0 bridgehead atoms. The molecule has 6 heterocycles. The van der Waals surface area contributed by atoms with Gasteiger partial charge in [-0.2, -0.15) is 0 Å². The number of imidazole rings is 2. The van der Waals surface area contributed by atoms with Crippen LogP contribution in [-0.4, -0.2) is 109 Å². The molecule has 1 amide bonds. The number of aromatic nitrogens is 7. The van der Waals surface area contributed by atoms with Crippen LogP contribution >= 0.6 is 0 Å². The van der Waals surface area contributed by atoms with Gasteiger partial charge in [-0.25, -0.2) is 27.9 Å². The summed E-state index contributed by atoms with van der Waals surface area (Å²) in [6, 6.07) is 50.9. The van der Waals surface area contributed by atoms with E-state index < -0.39 is 16.6 Å². The van der Waals surface area contributed by atoms with Gasteiger partial charge in [-0.3, -0.25) is 29.9 Å². The van der Waals surface area contributed by atoms with E-state index in [9.17, 15) is 32.9 Å². The van der Waals surface area contributed by atoms with Crippen molar-refractivity contribution in [2.24, 2.45) is 0 Å². The van der Waals surface area contributed by atoms with Gasteiger partial charge in [0.1, 0.15) is 34.8 Å². The molecule has 91 heavy (non-hydrogen) atoms. The van der Waals surface area contributed by atoms with Crippen LogP contribution in [0.2, 0.25) is 0 Å². The molecule has 0 aliphatic carbocycles. The number of ether oxygens (including phenoxy) is 2. The van der Waals surface area contributed by atoms with Crippen LogP contribution < -0.4 is 15.4 Å². The lowest BCUT2D eigenvalue weighted by Crippen LogP contribution is -2.47. The van der Waals surface area contributed by atoms with E-state index in [0.29, 0.717) is 29.3 Å². The van der Waals surface area contributed by atoms with Gasteiger partial charge in [-0.15, -0.1) is 0 Å². The van der Waals surface area contributed by atoms with Gasteiger partial charge in [0.2, 0.25) is 0 Å². The first-order valence-electron chi connectivity index (χ1n) is 28.7. The molecule has 0 saturated carbocycles. The Morgan fingerprint density at radius 1 is 0.538 bits per heavy atom. The number of hydrogen-bond acceptors (Lipinski definition) is 14. The Hall–Kier alpha value is -11.6. The van der Waals surface area contributed by atoms with Crippen molar-refractivity contribution < 1.29 is 37.2 Å². The largest absolute Gasteiger partial charge is 0.494 e. The molecule has 1 unspecified atom stereocenters. The quantitative estimate of drug-likeness (QED) is 0.0272. The third kappa shape index (κ3) is 15.6. The van der Waals surface area contributed by atoms with Crippen LogP contribution in [0.1, 0.15) is 33.5 Å². The average molecular weight is 1220 g/mol. The number of non-ortho nitro benzene ring substituents is 1. The zero-order valence-electron chi connectivity index (χ0n) is 49.9. The molecule has 458 valence electrons. The third-order valence-electron chi connectivity index (χ3n) is 14.5. The number of pyridine rings is 3. The summed E-state index contributed by atoms with van der Waals surface area (Å²) >= 11 is 0. The Bertz CT molecular complexity index is 4260. The number of amides is 1. The Morgan fingerprint density at radius 3 is 1.42 bits per heavy atom. The Balaban J connectivity index is 0.000000151. The van der Waals surface area contributed by atoms with Crippen LogP contribution in [-0.2, 0) is 15.2 Å². The van der Waals surface area contributed by atoms with Crippen molar-refractivity contribution in [1.29, 1.82) is 0 Å². The lowest BCUT2D eigenvalue weighted by molar-refractivity contribution is -0.384. The molecule has 21 heteroatoms. The normalized spacial score (nSPS) is 13.1. The molecule has 11 aromatic rings. The number of carbonyl (C=O) groups excluding carboxylic acids is 2. The lowest BCUT2D eigenvalue weighted by Gasteiger charge is -2.33. The maximum absolute atomic E-state index is 13.6. The highest BCUT2D eigenvalue weighted by molar-refractivity contribution is 5.91. The molecule has 0 radical (unpaired) electrons. The number of nitrogens with one attached hydrogen (secondary N) is 4. The van der Waals surface area contributed by atoms with Gasteiger partial charge in [0, 0.05) is 126 Å². The van der Waals surface area contributed by atoms with Crippen LogP contribution in [0.15, 0.2) is 225 Å². The van der Waals surface area contributed by atoms with Gasteiger partial charge < -0.3 is 39.9 Å². The fourth-order valence-corrected chi connectivity index (χ4v) is 9.64. The Morgan fingerprint density at radius 2 is 0.967 bits per heavy atom. The minimum atomic E-state index is -0.879. The molecule has 0 saturated heterocycles. The van der Waals surface area contributed by atoms with Crippen LogP contribution in [0.3, 0.4) is 0 Å². The number of aromatic amines is 2. The molecule has 0 spiro atoms. The predicted molar refractivity (Wildman–Crippen MR) is 342 cm³/mol. The van der Waals surface area contributed by atoms with Crippen LogP contribution in [0.5, 0.6) is 5.75 Å². The minimum Gasteiger partial charge on any atom is -0.494 e. The van der Waals surface area contributed by atoms with Gasteiger partial charge in [0.15, 0.2) is 12.3 Å². The van der Waals surface area contributed by atoms with E-state index in [1.807, 2.05) is 66.9 Å². The zero-order valence-corrected chi connectivity index (χ0v) is 49.9. The highest BCUT2D eigenvalue weighted by atomic mass is 19.1. The summed E-state index contributed by atoms with van der Waals surface area (Å²) in [5.41, 5.74) is 11.0. The smallest absolute Gasteiger partial charge is 0.338 e. The number of likely N-dealkylation sites (N-methyl/N-ethyl adjacent to an activating group) is 1. The minimum absolute atomic E-state index is 0.0124. The number of nitrogens with zero attached hydrogens (tertiary/aromatic N) is 8. The lowest BCUT2D eigenvalue weighted by atomic mass is 9.90. The third-order valence-corrected chi connectivity index (χ3v) is 14.5. The number of H-pyrrole nitrogens is 2. The number of esters is 1. The summed E-state index contributed by atoms with van der Waals surface area (Å²) in [5.74, 6) is 0.324. The molecule has 18 nitrogen and oxygen atoms in total. The molecule has 12 rings (SSSR count). The van der Waals surface area contributed by atoms with Gasteiger partial charge in [-0.1, -0.05) is 24.3 Å². The van der Waals surface area contributed by atoms with Crippen molar-refractivity contribution in [3.05, 3.63) is 275 Å². The highest BCUT2D eigenvalue weighted by Crippen LogP contribution is 2.37. The number of nitro benzene ring substituents is 1. The molecule has 1 aliphatic rings. The van der Waals surface area contributed by atoms with Gasteiger partial charge in [0.05, 0.1) is 45.6 Å². The van der Waals surface area contributed by atoms with Gasteiger partial charge in [0.25, 0.3) is 11.6 Å². The number of hydrogen-bond donors (Lipinski definition) is 4. The fourth-order valence-electron chi connectivity index (χ4n) is 9.64. The molecule has 1 aliphatic heterocycles. The first-order valence-corrected chi connectivity index (χ1v) is 28.7. The van der Waals surface area contributed by atoms with Crippen LogP contribution in [0.25, 0.3) is 73.5 Å². The molecule has 5 aromatic heterocycles. The van der Waals surface area contributed by atoms with Gasteiger partial charge in [-0.05, 0) is 166 Å². The van der Waals surface area contributed by atoms with E-state index in [1.165, 1.54) is 53.4 Å². The van der Waals surface area contributed by atoms with E-state index in [1.54, 1.807) is 124 Å². The van der Waals surface area contributed by atoms with Crippen molar-refractivity contribution in [2.45, 2.75) is 12.1 Å². The first kappa shape index (κ1) is 62.5. The second-order valence-electron chi connectivity index (χ2n) is 21.2. The predicted octanol–water partition coefficient (Wildman–Crippen LogP) is 13.0. The van der Waals surface area contributed by atoms with Crippen LogP contribution in [0, 0.1) is 27.6 Å². The monoisotopic (exact) mass is 1220 g/mol. The standard InChI is InChI=1S/C25H23FN4O3.C25H25FN4O.C20H13FN4O2/c1-30(2)23(31)16-33-24(32)18-3-5-19(6-4-18)25(20-7-9-21(26)10-8-20)28-15-22(29-25)17-11-13-27-14-12-17;1-30(2)16-3-17-31-22-10-6-20(7-11-22)25-28-23(18-4-8-21(26)9-5-18)24(29-25)19-12-14-27-15-13-19;21-16-5-1-13(2-6-16)18-19(14-9-11-22-12-10-14)24-20(23-18)15-3-7-17(8-4-15)25(26)27/h3-15,28-29H,16H2,1-2H3;4-15H,3,16-17H2,1-2H3,(H,28,29);1-12H,(H,23,24). The van der Waals surface area contributed by atoms with Crippen LogP contribution in [0.4, 0.5) is 18.9 Å². The molecular formula is C70H61F3N12O6. The molecule has 6 aromatic carbocycles. The number of carbonyl (C=O) groups is 2. The zero-order chi connectivity index (χ0) is 63.9. The van der Waals surface area contributed by atoms with E-state index in [4.69, 9.17) is 14.5 Å². The molecule has 1 atom stereocenters. The summed E-state index contributed by atoms with van der Waals surface area (Å²) in [4.78, 5) is 66.3. The van der Waals surface area contributed by atoms with Gasteiger partial charge >= 0.3 is 5.97 Å². The van der Waals surface area contributed by atoms with E-state index in [0.717, 1.165) is 91.8 Å². The fraction of sp³-hybridized carbons (Fsp3) is 0.129. The number of benzene rings is 6. The van der Waals surface area contributed by atoms with Crippen molar-refractivity contribution in [3.8, 4) is 73.6 Å². The summed E-state index contributed by atoms with van der Waals surface area (Å²) in [6.45, 7) is 1.35. The number of halogens is 3. The summed E-state index contributed by atoms with van der Waals surface area (Å²) in [7, 11) is 7.29. The number of rotatable bonds is 18. The topological polar surface area (TPSA) is 222 Å². The van der Waals surface area contributed by atoms with Crippen molar-refractivity contribution in [3.63, 3.8) is 0 Å². The molecule has 0 fully saturated rings. The molecule has 4 N–H and O–H groups in total. The SMILES string of the molecule is CN(C)C(=O)COC(=O)c1ccc(C2(c3ccc(F)cc3)NC=C(c3ccncc3)N2)cc1.CN(C)CCCOc1ccc(-c2nc(-c3ccc(F)cc3)c(-c3ccncc3)[nH]2)cc1.O=[N+]([O-])c1ccc(-c2nc(-c3ccc(F)cc3)c(-c3ccncc3)[nH]2)cc1. The summed E-state index contributed by atoms with van der Waals surface area (Å²) in [5, 5.41) is 17.7. The number of nitro groups is 1. The van der Waals surface area contributed by atoms with Crippen molar-refractivity contribution in [2.75, 3.05) is 47.9 Å². The average Bonchev–Trinajstić information content (AvgIpc) is 1.75. The first-order chi connectivity index (χ1) is 44.1. The van der Waals surface area contributed by atoms with E-state index >= 15 is 0 Å².